The van der Waals surface area contributed by atoms with E-state index < -0.39 is 23.5 Å². The van der Waals surface area contributed by atoms with Gasteiger partial charge in [-0.05, 0) is 77.8 Å². The van der Waals surface area contributed by atoms with E-state index >= 15 is 0 Å². The number of nitrogens with one attached hydrogen (secondary N) is 2. The molecule has 4 amide bonds. The molecule has 2 heterocycles. The Kier molecular flexibility index (Phi) is 12.8. The SMILES string of the molecule is CCOC(=O)C[C@@H](CNC(=O)c1ccccc1)NC(=O)[C@@H]1CCCN(C(=O)CCC2CCN(C(=O)OC(C)(C)C)CC2)C1. The van der Waals surface area contributed by atoms with E-state index in [0.717, 1.165) is 19.3 Å². The van der Waals surface area contributed by atoms with Crippen molar-refractivity contribution in [2.45, 2.75) is 84.3 Å². The average molecular weight is 601 g/mol. The number of hydrogen-bond acceptors (Lipinski definition) is 7. The summed E-state index contributed by atoms with van der Waals surface area (Å²) in [5, 5.41) is 5.71. The van der Waals surface area contributed by atoms with Crippen molar-refractivity contribution in [3.8, 4) is 0 Å². The van der Waals surface area contributed by atoms with Crippen molar-refractivity contribution in [1.82, 2.24) is 20.4 Å². The molecule has 0 unspecified atom stereocenters. The maximum Gasteiger partial charge on any atom is 0.410 e. The quantitative estimate of drug-likeness (QED) is 0.371. The van der Waals surface area contributed by atoms with E-state index in [1.54, 1.807) is 41.0 Å². The molecule has 0 spiro atoms. The molecule has 11 heteroatoms. The van der Waals surface area contributed by atoms with Crippen LogP contribution in [0.2, 0.25) is 0 Å². The minimum Gasteiger partial charge on any atom is -0.466 e. The normalized spacial score (nSPS) is 18.4. The minimum atomic E-state index is -0.642. The number of carbonyl (C=O) groups is 5. The molecule has 238 valence electrons. The van der Waals surface area contributed by atoms with Gasteiger partial charge in [0, 0.05) is 44.7 Å². The number of carbonyl (C=O) groups excluding carboxylic acids is 5. The predicted octanol–water partition coefficient (Wildman–Crippen LogP) is 3.52. The van der Waals surface area contributed by atoms with Crippen LogP contribution in [0.1, 0.15) is 83.0 Å². The van der Waals surface area contributed by atoms with Crippen LogP contribution in [-0.4, -0.2) is 90.6 Å². The summed E-state index contributed by atoms with van der Waals surface area (Å²) in [5.41, 5.74) is -0.0392. The Morgan fingerprint density at radius 1 is 0.977 bits per heavy atom. The molecule has 0 saturated carbocycles. The van der Waals surface area contributed by atoms with Crippen LogP contribution in [0, 0.1) is 11.8 Å². The standard InChI is InChI=1S/C32H48N4O7/c1-5-42-28(38)20-26(21-33-29(39)24-10-7-6-8-11-24)34-30(40)25-12-9-17-36(22-25)27(37)14-13-23-15-18-35(19-16-23)31(41)43-32(2,3)4/h6-8,10-11,23,25-26H,5,9,12-22H2,1-4H3,(H,33,39)(H,34,40)/t25-,26+/m1/s1. The number of likely N-dealkylation sites (tertiary alicyclic amines) is 2. The van der Waals surface area contributed by atoms with Crippen molar-refractivity contribution in [1.29, 1.82) is 0 Å². The van der Waals surface area contributed by atoms with E-state index in [9.17, 15) is 24.0 Å². The Morgan fingerprint density at radius 3 is 2.33 bits per heavy atom. The highest BCUT2D eigenvalue weighted by Gasteiger charge is 2.31. The molecule has 2 saturated heterocycles. The number of ether oxygens (including phenoxy) is 2. The number of benzene rings is 1. The lowest BCUT2D eigenvalue weighted by Gasteiger charge is -2.35. The molecule has 43 heavy (non-hydrogen) atoms. The monoisotopic (exact) mass is 600 g/mol. The van der Waals surface area contributed by atoms with E-state index in [1.165, 1.54) is 0 Å². The van der Waals surface area contributed by atoms with E-state index in [0.29, 0.717) is 56.9 Å². The van der Waals surface area contributed by atoms with Crippen LogP contribution >= 0.6 is 0 Å². The van der Waals surface area contributed by atoms with Crippen molar-refractivity contribution in [2.24, 2.45) is 11.8 Å². The summed E-state index contributed by atoms with van der Waals surface area (Å²) in [4.78, 5) is 66.9. The van der Waals surface area contributed by atoms with Gasteiger partial charge in [-0.3, -0.25) is 19.2 Å². The fraction of sp³-hybridized carbons (Fsp3) is 0.656. The second kappa shape index (κ2) is 16.3. The topological polar surface area (TPSA) is 134 Å². The molecular formula is C32H48N4O7. The number of rotatable bonds is 11. The van der Waals surface area contributed by atoms with Crippen LogP contribution in [0.5, 0.6) is 0 Å². The first-order valence-corrected chi connectivity index (χ1v) is 15.5. The zero-order chi connectivity index (χ0) is 31.4. The zero-order valence-corrected chi connectivity index (χ0v) is 26.1. The first-order chi connectivity index (χ1) is 20.4. The summed E-state index contributed by atoms with van der Waals surface area (Å²) in [7, 11) is 0. The molecule has 1 aromatic rings. The first-order valence-electron chi connectivity index (χ1n) is 15.5. The molecule has 0 bridgehead atoms. The summed E-state index contributed by atoms with van der Waals surface area (Å²) in [6.45, 7) is 9.74. The van der Waals surface area contributed by atoms with Gasteiger partial charge in [0.05, 0.1) is 25.0 Å². The molecule has 11 nitrogen and oxygen atoms in total. The van der Waals surface area contributed by atoms with E-state index in [-0.39, 0.29) is 43.4 Å². The van der Waals surface area contributed by atoms with Gasteiger partial charge in [-0.1, -0.05) is 18.2 Å². The lowest BCUT2D eigenvalue weighted by molar-refractivity contribution is -0.143. The Hall–Kier alpha value is -3.63. The van der Waals surface area contributed by atoms with Gasteiger partial charge in [-0.2, -0.15) is 0 Å². The molecule has 2 N–H and O–H groups in total. The Bertz CT molecular complexity index is 1100. The van der Waals surface area contributed by atoms with E-state index in [4.69, 9.17) is 9.47 Å². The molecule has 0 radical (unpaired) electrons. The van der Waals surface area contributed by atoms with Crippen molar-refractivity contribution in [3.63, 3.8) is 0 Å². The van der Waals surface area contributed by atoms with E-state index in [1.807, 2.05) is 26.8 Å². The highest BCUT2D eigenvalue weighted by molar-refractivity contribution is 5.94. The molecule has 2 aliphatic rings. The van der Waals surface area contributed by atoms with Gasteiger partial charge in [0.1, 0.15) is 5.60 Å². The average Bonchev–Trinajstić information content (AvgIpc) is 2.98. The molecule has 1 aromatic carbocycles. The summed E-state index contributed by atoms with van der Waals surface area (Å²) in [5.74, 6) is -1.00. The van der Waals surface area contributed by atoms with Crippen LogP contribution in [0.15, 0.2) is 30.3 Å². The predicted molar refractivity (Wildman–Crippen MR) is 161 cm³/mol. The fourth-order valence-corrected chi connectivity index (χ4v) is 5.46. The largest absolute Gasteiger partial charge is 0.466 e. The number of nitrogens with zero attached hydrogens (tertiary/aromatic N) is 2. The van der Waals surface area contributed by atoms with Crippen molar-refractivity contribution in [2.75, 3.05) is 39.3 Å². The van der Waals surface area contributed by atoms with Crippen LogP contribution in [0.4, 0.5) is 4.79 Å². The summed E-state index contributed by atoms with van der Waals surface area (Å²) in [6, 6.07) is 8.08. The molecule has 2 fully saturated rings. The van der Waals surface area contributed by atoms with Gasteiger partial charge in [-0.15, -0.1) is 0 Å². The maximum absolute atomic E-state index is 13.3. The fourth-order valence-electron chi connectivity index (χ4n) is 5.46. The van der Waals surface area contributed by atoms with Crippen LogP contribution < -0.4 is 10.6 Å². The molecular weight excluding hydrogens is 552 g/mol. The van der Waals surface area contributed by atoms with E-state index in [2.05, 4.69) is 10.6 Å². The highest BCUT2D eigenvalue weighted by Crippen LogP contribution is 2.25. The number of amides is 4. The van der Waals surface area contributed by atoms with Gasteiger partial charge < -0.3 is 29.9 Å². The summed E-state index contributed by atoms with van der Waals surface area (Å²) in [6.07, 6.45) is 3.81. The highest BCUT2D eigenvalue weighted by atomic mass is 16.6. The Labute approximate surface area is 255 Å². The van der Waals surface area contributed by atoms with Crippen molar-refractivity contribution >= 4 is 29.8 Å². The van der Waals surface area contributed by atoms with Gasteiger partial charge in [0.15, 0.2) is 0 Å². The third-order valence-electron chi connectivity index (χ3n) is 7.79. The van der Waals surface area contributed by atoms with Gasteiger partial charge in [-0.25, -0.2) is 4.79 Å². The Balaban J connectivity index is 1.46. The molecule has 3 rings (SSSR count). The molecule has 2 aliphatic heterocycles. The lowest BCUT2D eigenvalue weighted by Crippen LogP contribution is -2.50. The minimum absolute atomic E-state index is 0.0327. The maximum atomic E-state index is 13.3. The zero-order valence-electron chi connectivity index (χ0n) is 26.1. The number of hydrogen-bond donors (Lipinski definition) is 2. The smallest absolute Gasteiger partial charge is 0.410 e. The third-order valence-corrected chi connectivity index (χ3v) is 7.79. The van der Waals surface area contributed by atoms with Crippen LogP contribution in [-0.2, 0) is 23.9 Å². The lowest BCUT2D eigenvalue weighted by atomic mass is 9.91. The van der Waals surface area contributed by atoms with Crippen molar-refractivity contribution < 1.29 is 33.4 Å². The van der Waals surface area contributed by atoms with Gasteiger partial charge in [0.2, 0.25) is 11.8 Å². The molecule has 2 atom stereocenters. The number of esters is 1. The molecule has 0 aliphatic carbocycles. The van der Waals surface area contributed by atoms with Crippen LogP contribution in [0.25, 0.3) is 0 Å². The third kappa shape index (κ3) is 11.5. The molecule has 0 aromatic heterocycles. The van der Waals surface area contributed by atoms with Gasteiger partial charge >= 0.3 is 12.1 Å². The second-order valence-electron chi connectivity index (χ2n) is 12.4. The summed E-state index contributed by atoms with van der Waals surface area (Å²) >= 11 is 0. The van der Waals surface area contributed by atoms with Gasteiger partial charge in [0.25, 0.3) is 5.91 Å². The second-order valence-corrected chi connectivity index (χ2v) is 12.4. The van der Waals surface area contributed by atoms with Crippen LogP contribution in [0.3, 0.4) is 0 Å². The first kappa shape index (κ1) is 33.9. The summed E-state index contributed by atoms with van der Waals surface area (Å²) < 4.78 is 10.5. The number of piperidine rings is 2. The Morgan fingerprint density at radius 2 is 1.67 bits per heavy atom. The van der Waals surface area contributed by atoms with Crippen molar-refractivity contribution in [3.05, 3.63) is 35.9 Å².